The maximum Gasteiger partial charge on any atom is 0.254 e. The molecule has 3 aromatic rings. The van der Waals surface area contributed by atoms with Crippen LogP contribution in [0.2, 0.25) is 0 Å². The summed E-state index contributed by atoms with van der Waals surface area (Å²) in [5, 5.41) is 26.1. The third-order valence-electron chi connectivity index (χ3n) is 6.32. The van der Waals surface area contributed by atoms with E-state index in [1.807, 2.05) is 66.7 Å². The number of aliphatic imine (C=N–C) groups is 1. The van der Waals surface area contributed by atoms with Crippen LogP contribution in [0.25, 0.3) is 10.8 Å². The van der Waals surface area contributed by atoms with Gasteiger partial charge in [0.1, 0.15) is 5.75 Å². The molecular weight excluding hydrogens is 490 g/mol. The number of rotatable bonds is 10. The number of fused-ring (bicyclic) bond motifs is 1. The number of aliphatic hydroxyl groups is 2. The van der Waals surface area contributed by atoms with E-state index >= 15 is 0 Å². The maximum atomic E-state index is 12.8. The van der Waals surface area contributed by atoms with Gasteiger partial charge in [0, 0.05) is 19.3 Å². The van der Waals surface area contributed by atoms with Gasteiger partial charge in [-0.2, -0.15) is 0 Å². The van der Waals surface area contributed by atoms with Crippen LogP contribution in [-0.4, -0.2) is 76.7 Å². The lowest BCUT2D eigenvalue weighted by molar-refractivity contribution is -0.152. The summed E-state index contributed by atoms with van der Waals surface area (Å²) in [5.41, 5.74) is 1.97. The average Bonchev–Trinajstić information content (AvgIpc) is 3.38. The van der Waals surface area contributed by atoms with Gasteiger partial charge >= 0.3 is 0 Å². The van der Waals surface area contributed by atoms with Crippen LogP contribution in [0.1, 0.15) is 11.1 Å². The molecule has 0 saturated carbocycles. The molecule has 2 amide bonds. The van der Waals surface area contributed by atoms with Gasteiger partial charge in [-0.25, -0.2) is 0 Å². The molecule has 0 aromatic heterocycles. The van der Waals surface area contributed by atoms with Crippen LogP contribution in [0.15, 0.2) is 71.7 Å². The predicted octanol–water partition coefficient (Wildman–Crippen LogP) is 2.40. The zero-order valence-corrected chi connectivity index (χ0v) is 21.6. The van der Waals surface area contributed by atoms with Crippen molar-refractivity contribution in [2.75, 3.05) is 26.5 Å². The van der Waals surface area contributed by atoms with Crippen LogP contribution in [0, 0.1) is 0 Å². The summed E-state index contributed by atoms with van der Waals surface area (Å²) < 4.78 is 5.40. The molecule has 0 fully saturated rings. The van der Waals surface area contributed by atoms with Crippen LogP contribution >= 0.6 is 11.8 Å². The second kappa shape index (κ2) is 12.2. The summed E-state index contributed by atoms with van der Waals surface area (Å²) in [7, 11) is 3.17. The van der Waals surface area contributed by atoms with E-state index in [0.29, 0.717) is 6.42 Å². The fourth-order valence-electron chi connectivity index (χ4n) is 4.33. The molecule has 1 unspecified atom stereocenters. The highest BCUT2D eigenvalue weighted by atomic mass is 32.2. The fraction of sp³-hybridized carbons (Fsp3) is 0.321. The van der Waals surface area contributed by atoms with Gasteiger partial charge in [0.05, 0.1) is 24.7 Å². The SMILES string of the molecule is COc1ccccc1CC1CSC(CNC(=O)[C@H](O)[C@@H](O)C(=O)N(C)Cc2cccc3ccccc23)=N1. The third kappa shape index (κ3) is 6.49. The topological polar surface area (TPSA) is 111 Å². The summed E-state index contributed by atoms with van der Waals surface area (Å²) in [6, 6.07) is 21.4. The average molecular weight is 522 g/mol. The summed E-state index contributed by atoms with van der Waals surface area (Å²) >= 11 is 1.53. The Morgan fingerprint density at radius 1 is 1.05 bits per heavy atom. The zero-order chi connectivity index (χ0) is 26.4. The predicted molar refractivity (Wildman–Crippen MR) is 146 cm³/mol. The lowest BCUT2D eigenvalue weighted by Crippen LogP contribution is -2.50. The van der Waals surface area contributed by atoms with Gasteiger partial charge in [0.2, 0.25) is 0 Å². The first-order valence-corrected chi connectivity index (χ1v) is 13.0. The number of ether oxygens (including phenoxy) is 1. The first-order valence-electron chi connectivity index (χ1n) is 12.0. The molecule has 8 nitrogen and oxygen atoms in total. The number of benzene rings is 3. The highest BCUT2D eigenvalue weighted by Gasteiger charge is 2.32. The first-order chi connectivity index (χ1) is 17.9. The molecule has 1 aliphatic heterocycles. The van der Waals surface area contributed by atoms with Gasteiger partial charge < -0.3 is 25.2 Å². The Bertz CT molecular complexity index is 1290. The molecule has 3 aromatic carbocycles. The minimum absolute atomic E-state index is 0.0491. The summed E-state index contributed by atoms with van der Waals surface area (Å²) in [6.07, 6.45) is -3.05. The quantitative estimate of drug-likeness (QED) is 0.378. The largest absolute Gasteiger partial charge is 0.496 e. The fourth-order valence-corrected chi connectivity index (χ4v) is 5.31. The molecule has 1 aliphatic rings. The zero-order valence-electron chi connectivity index (χ0n) is 20.8. The monoisotopic (exact) mass is 521 g/mol. The molecule has 1 heterocycles. The van der Waals surface area contributed by atoms with E-state index in [2.05, 4.69) is 10.3 Å². The molecule has 0 radical (unpaired) electrons. The molecule has 0 bridgehead atoms. The van der Waals surface area contributed by atoms with Crippen molar-refractivity contribution in [3.05, 3.63) is 77.9 Å². The van der Waals surface area contributed by atoms with Crippen molar-refractivity contribution >= 4 is 39.4 Å². The lowest BCUT2D eigenvalue weighted by Gasteiger charge is -2.24. The van der Waals surface area contributed by atoms with E-state index < -0.39 is 24.0 Å². The molecule has 37 heavy (non-hydrogen) atoms. The molecule has 3 N–H and O–H groups in total. The van der Waals surface area contributed by atoms with Crippen molar-refractivity contribution in [2.24, 2.45) is 4.99 Å². The van der Waals surface area contributed by atoms with Crippen molar-refractivity contribution < 1.29 is 24.5 Å². The van der Waals surface area contributed by atoms with E-state index in [0.717, 1.165) is 38.4 Å². The second-order valence-electron chi connectivity index (χ2n) is 8.94. The Labute approximate surface area is 220 Å². The van der Waals surface area contributed by atoms with Crippen LogP contribution < -0.4 is 10.1 Å². The number of likely N-dealkylation sites (N-methyl/N-ethyl adjacent to an activating group) is 1. The Morgan fingerprint density at radius 3 is 2.57 bits per heavy atom. The summed E-state index contributed by atoms with van der Waals surface area (Å²) in [6.45, 7) is 0.350. The van der Waals surface area contributed by atoms with E-state index in [1.165, 1.54) is 23.7 Å². The van der Waals surface area contributed by atoms with Gasteiger partial charge in [-0.1, -0.05) is 60.7 Å². The number of methoxy groups -OCH3 is 1. The molecule has 0 spiro atoms. The number of hydrogen-bond acceptors (Lipinski definition) is 7. The van der Waals surface area contributed by atoms with Crippen LogP contribution in [0.4, 0.5) is 0 Å². The number of para-hydroxylation sites is 1. The Kier molecular flexibility index (Phi) is 8.81. The smallest absolute Gasteiger partial charge is 0.254 e. The van der Waals surface area contributed by atoms with E-state index in [-0.39, 0.29) is 19.1 Å². The summed E-state index contributed by atoms with van der Waals surface area (Å²) in [4.78, 5) is 31.2. The molecule has 9 heteroatoms. The number of hydrogen-bond donors (Lipinski definition) is 3. The number of nitrogens with zero attached hydrogens (tertiary/aromatic N) is 2. The van der Waals surface area contributed by atoms with Crippen molar-refractivity contribution in [1.82, 2.24) is 10.2 Å². The van der Waals surface area contributed by atoms with Gasteiger partial charge in [-0.3, -0.25) is 14.6 Å². The van der Waals surface area contributed by atoms with Crippen molar-refractivity contribution in [3.63, 3.8) is 0 Å². The molecular formula is C28H31N3O5S. The molecule has 194 valence electrons. The Morgan fingerprint density at radius 2 is 1.76 bits per heavy atom. The lowest BCUT2D eigenvalue weighted by atomic mass is 10.0. The molecule has 4 rings (SSSR count). The minimum Gasteiger partial charge on any atom is -0.496 e. The van der Waals surface area contributed by atoms with Crippen molar-refractivity contribution in [3.8, 4) is 5.75 Å². The van der Waals surface area contributed by atoms with Gasteiger partial charge in [-0.15, -0.1) is 11.8 Å². The third-order valence-corrected chi connectivity index (χ3v) is 7.45. The first kappa shape index (κ1) is 26.7. The van der Waals surface area contributed by atoms with Gasteiger partial charge in [0.15, 0.2) is 12.2 Å². The van der Waals surface area contributed by atoms with Crippen LogP contribution in [0.3, 0.4) is 0 Å². The van der Waals surface area contributed by atoms with Crippen LogP contribution in [0.5, 0.6) is 5.75 Å². The number of thioether (sulfide) groups is 1. The highest BCUT2D eigenvalue weighted by Crippen LogP contribution is 2.25. The number of carbonyl (C=O) groups excluding carboxylic acids is 2. The minimum atomic E-state index is -1.89. The second-order valence-corrected chi connectivity index (χ2v) is 10.0. The number of carbonyl (C=O) groups is 2. The van der Waals surface area contributed by atoms with Crippen molar-refractivity contribution in [1.29, 1.82) is 0 Å². The van der Waals surface area contributed by atoms with E-state index in [4.69, 9.17) is 4.74 Å². The Balaban J connectivity index is 1.29. The molecule has 0 saturated heterocycles. The molecule has 0 aliphatic carbocycles. The number of nitrogens with one attached hydrogen (secondary N) is 1. The standard InChI is InChI=1S/C28H31N3O5S/c1-31(16-20-11-7-10-18-8-3-5-12-22(18)20)28(35)26(33)25(32)27(34)29-15-24-30-21(17-37-24)14-19-9-4-6-13-23(19)36-2/h3-13,21,25-26,32-33H,14-17H2,1-2H3,(H,29,34)/t21?,25-,26-/m1/s1. The van der Waals surface area contributed by atoms with E-state index in [9.17, 15) is 19.8 Å². The van der Waals surface area contributed by atoms with Gasteiger partial charge in [-0.05, 0) is 34.4 Å². The van der Waals surface area contributed by atoms with Crippen LogP contribution in [-0.2, 0) is 22.6 Å². The van der Waals surface area contributed by atoms with Gasteiger partial charge in [0.25, 0.3) is 11.8 Å². The molecule has 3 atom stereocenters. The maximum absolute atomic E-state index is 12.8. The highest BCUT2D eigenvalue weighted by molar-refractivity contribution is 8.14. The van der Waals surface area contributed by atoms with Crippen molar-refractivity contribution in [2.45, 2.75) is 31.2 Å². The normalized spacial score (nSPS) is 16.6. The Hall–Kier alpha value is -3.40. The van der Waals surface area contributed by atoms with E-state index in [1.54, 1.807) is 7.11 Å². The summed E-state index contributed by atoms with van der Waals surface area (Å²) in [5.74, 6) is 0.0267. The number of aliphatic hydroxyl groups excluding tert-OH is 2. The number of amides is 2.